The number of aliphatic hydroxyl groups is 1. The highest BCUT2D eigenvalue weighted by Gasteiger charge is 2.25. The Kier molecular flexibility index (Phi) is 5.91. The number of piperazine rings is 1. The summed E-state index contributed by atoms with van der Waals surface area (Å²) in [5.74, 6) is 0. The third-order valence-electron chi connectivity index (χ3n) is 2.66. The minimum atomic E-state index is -0.799. The van der Waals surface area contributed by atoms with Crippen LogP contribution in [0, 0.1) is 0 Å². The van der Waals surface area contributed by atoms with Crippen molar-refractivity contribution in [3.63, 3.8) is 0 Å². The summed E-state index contributed by atoms with van der Waals surface area (Å²) in [5, 5.41) is 12.6. The second kappa shape index (κ2) is 7.20. The summed E-state index contributed by atoms with van der Waals surface area (Å²) in [7, 11) is 0. The zero-order valence-corrected chi connectivity index (χ0v) is 10.7. The first-order valence-electron chi connectivity index (χ1n) is 5.63. The van der Waals surface area contributed by atoms with Crippen LogP contribution in [0.2, 0.25) is 0 Å². The van der Waals surface area contributed by atoms with Crippen LogP contribution >= 0.6 is 12.4 Å². The van der Waals surface area contributed by atoms with Gasteiger partial charge >= 0.3 is 6.09 Å². The minimum Gasteiger partial charge on any atom is -0.444 e. The first-order chi connectivity index (χ1) is 8.27. The Balaban J connectivity index is 0.00000162. The molecule has 1 atom stereocenters. The Labute approximate surface area is 112 Å². The van der Waals surface area contributed by atoms with Crippen molar-refractivity contribution in [3.8, 4) is 0 Å². The molecule has 2 N–H and O–H groups in total. The van der Waals surface area contributed by atoms with Crippen molar-refractivity contribution >= 4 is 18.5 Å². The molecule has 1 aromatic rings. The molecular formula is C12H17ClN2O3. The van der Waals surface area contributed by atoms with E-state index in [0.717, 1.165) is 5.56 Å². The van der Waals surface area contributed by atoms with E-state index in [0.29, 0.717) is 19.6 Å². The molecule has 5 nitrogen and oxygen atoms in total. The van der Waals surface area contributed by atoms with E-state index in [1.807, 2.05) is 30.3 Å². The number of nitrogens with zero attached hydrogens (tertiary/aromatic N) is 1. The number of β-amino-alcohol motifs (C(OH)–C–C–N with tert-alkyl or cyclic N) is 1. The minimum absolute atomic E-state index is 0. The first-order valence-corrected chi connectivity index (χ1v) is 5.63. The molecule has 0 spiro atoms. The molecule has 1 aromatic carbocycles. The normalized spacial score (nSPS) is 18.9. The number of nitrogens with one attached hydrogen (secondary N) is 1. The van der Waals surface area contributed by atoms with Crippen LogP contribution in [0.1, 0.15) is 5.56 Å². The van der Waals surface area contributed by atoms with E-state index in [9.17, 15) is 9.90 Å². The van der Waals surface area contributed by atoms with Crippen LogP contribution in [-0.2, 0) is 11.3 Å². The van der Waals surface area contributed by atoms with Crippen LogP contribution in [0.15, 0.2) is 30.3 Å². The van der Waals surface area contributed by atoms with Gasteiger partial charge in [0.05, 0.1) is 0 Å². The zero-order valence-electron chi connectivity index (χ0n) is 9.91. The summed E-state index contributed by atoms with van der Waals surface area (Å²) in [4.78, 5) is 13.0. The first kappa shape index (κ1) is 14.8. The van der Waals surface area contributed by atoms with Gasteiger partial charge in [-0.3, -0.25) is 4.90 Å². The quantitative estimate of drug-likeness (QED) is 0.842. The lowest BCUT2D eigenvalue weighted by Gasteiger charge is -2.31. The molecule has 1 amide bonds. The Bertz CT molecular complexity index is 375. The van der Waals surface area contributed by atoms with Crippen LogP contribution in [0.4, 0.5) is 4.79 Å². The number of hydrogen-bond donors (Lipinski definition) is 2. The Morgan fingerprint density at radius 2 is 2.17 bits per heavy atom. The fourth-order valence-corrected chi connectivity index (χ4v) is 1.71. The lowest BCUT2D eigenvalue weighted by atomic mass is 10.2. The van der Waals surface area contributed by atoms with Gasteiger partial charge in [-0.25, -0.2) is 4.79 Å². The van der Waals surface area contributed by atoms with E-state index in [2.05, 4.69) is 5.32 Å². The lowest BCUT2D eigenvalue weighted by Crippen LogP contribution is -2.53. The predicted octanol–water partition coefficient (Wildman–Crippen LogP) is 0.969. The molecule has 0 aliphatic carbocycles. The average Bonchev–Trinajstić information content (AvgIpc) is 2.38. The highest BCUT2D eigenvalue weighted by Crippen LogP contribution is 2.06. The fraction of sp³-hybridized carbons (Fsp3) is 0.417. The number of carbonyl (C=O) groups excluding carboxylic acids is 1. The second-order valence-electron chi connectivity index (χ2n) is 3.92. The van der Waals surface area contributed by atoms with Crippen molar-refractivity contribution in [2.75, 3.05) is 19.6 Å². The Morgan fingerprint density at radius 3 is 2.83 bits per heavy atom. The van der Waals surface area contributed by atoms with Gasteiger partial charge in [0.1, 0.15) is 12.8 Å². The van der Waals surface area contributed by atoms with Gasteiger partial charge in [-0.05, 0) is 5.56 Å². The van der Waals surface area contributed by atoms with Crippen LogP contribution in [-0.4, -0.2) is 42.0 Å². The number of ether oxygens (including phenoxy) is 1. The van der Waals surface area contributed by atoms with Gasteiger partial charge < -0.3 is 15.2 Å². The van der Waals surface area contributed by atoms with Crippen LogP contribution < -0.4 is 5.32 Å². The van der Waals surface area contributed by atoms with Gasteiger partial charge in [-0.2, -0.15) is 0 Å². The van der Waals surface area contributed by atoms with Crippen LogP contribution in [0.5, 0.6) is 0 Å². The van der Waals surface area contributed by atoms with E-state index < -0.39 is 12.3 Å². The smallest absolute Gasteiger partial charge is 0.412 e. The molecule has 0 bridgehead atoms. The van der Waals surface area contributed by atoms with Crippen molar-refractivity contribution in [1.82, 2.24) is 10.2 Å². The molecule has 1 saturated heterocycles. The predicted molar refractivity (Wildman–Crippen MR) is 69.5 cm³/mol. The van der Waals surface area contributed by atoms with Gasteiger partial charge in [0, 0.05) is 19.6 Å². The molecular weight excluding hydrogens is 256 g/mol. The molecule has 18 heavy (non-hydrogen) atoms. The Hall–Kier alpha value is -1.30. The molecule has 1 aliphatic rings. The number of carbonyl (C=O) groups is 1. The molecule has 6 heteroatoms. The summed E-state index contributed by atoms with van der Waals surface area (Å²) < 4.78 is 5.14. The molecule has 1 fully saturated rings. The van der Waals surface area contributed by atoms with Gasteiger partial charge in [0.25, 0.3) is 0 Å². The maximum absolute atomic E-state index is 11.7. The molecule has 100 valence electrons. The van der Waals surface area contributed by atoms with Gasteiger partial charge in [0.15, 0.2) is 0 Å². The zero-order chi connectivity index (χ0) is 12.1. The third-order valence-corrected chi connectivity index (χ3v) is 2.66. The lowest BCUT2D eigenvalue weighted by molar-refractivity contribution is -0.0149. The summed E-state index contributed by atoms with van der Waals surface area (Å²) in [6, 6.07) is 9.47. The molecule has 2 rings (SSSR count). The maximum atomic E-state index is 11.7. The topological polar surface area (TPSA) is 61.8 Å². The van der Waals surface area contributed by atoms with Crippen molar-refractivity contribution < 1.29 is 14.6 Å². The Morgan fingerprint density at radius 1 is 1.44 bits per heavy atom. The maximum Gasteiger partial charge on any atom is 0.412 e. The van der Waals surface area contributed by atoms with E-state index in [4.69, 9.17) is 4.74 Å². The number of rotatable bonds is 2. The van der Waals surface area contributed by atoms with E-state index >= 15 is 0 Å². The van der Waals surface area contributed by atoms with Gasteiger partial charge in [-0.1, -0.05) is 30.3 Å². The summed E-state index contributed by atoms with van der Waals surface area (Å²) in [5.41, 5.74) is 0.936. The average molecular weight is 273 g/mol. The number of hydrogen-bond acceptors (Lipinski definition) is 4. The van der Waals surface area contributed by atoms with Gasteiger partial charge in [0.2, 0.25) is 0 Å². The number of benzene rings is 1. The molecule has 1 aliphatic heterocycles. The molecule has 0 aromatic heterocycles. The summed E-state index contributed by atoms with van der Waals surface area (Å²) >= 11 is 0. The standard InChI is InChI=1S/C12H16N2O3.ClH/c15-11-8-13-6-7-14(11)12(16)17-9-10-4-2-1-3-5-10;/h1-5,11,13,15H,6-9H2;1H. The number of aliphatic hydroxyl groups excluding tert-OH is 1. The van der Waals surface area contributed by atoms with Crippen molar-refractivity contribution in [2.24, 2.45) is 0 Å². The second-order valence-corrected chi connectivity index (χ2v) is 3.92. The highest BCUT2D eigenvalue weighted by atomic mass is 35.5. The number of amides is 1. The van der Waals surface area contributed by atoms with Crippen molar-refractivity contribution in [3.05, 3.63) is 35.9 Å². The summed E-state index contributed by atoms with van der Waals surface area (Å²) in [6.45, 7) is 1.77. The molecule has 1 unspecified atom stereocenters. The molecule has 0 radical (unpaired) electrons. The monoisotopic (exact) mass is 272 g/mol. The van der Waals surface area contributed by atoms with E-state index in [1.54, 1.807) is 0 Å². The molecule has 1 heterocycles. The molecule has 0 saturated carbocycles. The largest absolute Gasteiger partial charge is 0.444 e. The highest BCUT2D eigenvalue weighted by molar-refractivity contribution is 5.85. The van der Waals surface area contributed by atoms with E-state index in [1.165, 1.54) is 4.90 Å². The number of halogens is 1. The summed E-state index contributed by atoms with van der Waals surface area (Å²) in [6.07, 6.45) is -1.27. The van der Waals surface area contributed by atoms with Crippen molar-refractivity contribution in [2.45, 2.75) is 12.8 Å². The van der Waals surface area contributed by atoms with Crippen LogP contribution in [0.25, 0.3) is 0 Å². The third kappa shape index (κ3) is 3.87. The van der Waals surface area contributed by atoms with E-state index in [-0.39, 0.29) is 19.0 Å². The van der Waals surface area contributed by atoms with Crippen molar-refractivity contribution in [1.29, 1.82) is 0 Å². The SMILES string of the molecule is Cl.O=C(OCc1ccccc1)N1CCNCC1O. The van der Waals surface area contributed by atoms with Gasteiger partial charge in [-0.15, -0.1) is 12.4 Å². The fourth-order valence-electron chi connectivity index (χ4n) is 1.71. The van der Waals surface area contributed by atoms with Crippen LogP contribution in [0.3, 0.4) is 0 Å².